The summed E-state index contributed by atoms with van der Waals surface area (Å²) in [6.07, 6.45) is 3.86. The molecule has 0 aliphatic heterocycles. The first-order valence-corrected chi connectivity index (χ1v) is 14.5. The van der Waals surface area contributed by atoms with Crippen molar-refractivity contribution in [1.82, 2.24) is 10.3 Å². The lowest BCUT2D eigenvalue weighted by atomic mass is 9.96. The van der Waals surface area contributed by atoms with Gasteiger partial charge in [0, 0.05) is 48.1 Å². The molecule has 0 amide bonds. The predicted molar refractivity (Wildman–Crippen MR) is 162 cm³/mol. The van der Waals surface area contributed by atoms with Crippen LogP contribution in [0.3, 0.4) is 0 Å². The summed E-state index contributed by atoms with van der Waals surface area (Å²) in [6.45, 7) is 0.329. The van der Waals surface area contributed by atoms with E-state index in [2.05, 4.69) is 16.4 Å². The van der Waals surface area contributed by atoms with Crippen molar-refractivity contribution in [2.75, 3.05) is 6.54 Å². The highest BCUT2D eigenvalue weighted by molar-refractivity contribution is 6.32. The molecule has 1 aliphatic rings. The fourth-order valence-electron chi connectivity index (χ4n) is 5.22. The number of aliphatic carboxylic acids is 1. The largest absolute Gasteiger partial charge is 0.488 e. The van der Waals surface area contributed by atoms with E-state index in [1.165, 1.54) is 12.3 Å². The summed E-state index contributed by atoms with van der Waals surface area (Å²) in [4.78, 5) is 26.9. The standard InChI is InChI=1S/C34H29ClFN3O5/c35-29-13-23(18-39-19-24(40)8-11-34(41)42)32(43-20-22-12-21(15-37)16-38-17-22)14-33(29)44-31-10-9-26-25(5-3-6-28(26)31)27-4-1-2-7-30(27)36/h1-7,12-14,16-17,31,39H,8-11,18-20H2,(H,41,42)/t31-/m0/s1. The van der Waals surface area contributed by atoms with Crippen LogP contribution in [0.5, 0.6) is 11.5 Å². The summed E-state index contributed by atoms with van der Waals surface area (Å²) in [5.74, 6) is -0.676. The van der Waals surface area contributed by atoms with E-state index >= 15 is 0 Å². The molecule has 4 aromatic rings. The van der Waals surface area contributed by atoms with E-state index in [0.717, 1.165) is 16.7 Å². The topological polar surface area (TPSA) is 122 Å². The Labute approximate surface area is 259 Å². The minimum Gasteiger partial charge on any atom is -0.488 e. The highest BCUT2D eigenvalue weighted by atomic mass is 35.5. The minimum absolute atomic E-state index is 0.0140. The molecule has 0 spiro atoms. The molecule has 8 nitrogen and oxygen atoms in total. The number of halogens is 2. The van der Waals surface area contributed by atoms with E-state index in [-0.39, 0.29) is 50.2 Å². The van der Waals surface area contributed by atoms with Crippen molar-refractivity contribution in [3.05, 3.63) is 112 Å². The summed E-state index contributed by atoms with van der Waals surface area (Å²) in [5, 5.41) is 21.4. The van der Waals surface area contributed by atoms with E-state index in [0.29, 0.717) is 51.6 Å². The Bertz CT molecular complexity index is 1740. The molecule has 0 saturated heterocycles. The Balaban J connectivity index is 1.37. The molecule has 3 aromatic carbocycles. The Morgan fingerprint density at radius 1 is 1.07 bits per heavy atom. The van der Waals surface area contributed by atoms with E-state index in [1.807, 2.05) is 24.3 Å². The van der Waals surface area contributed by atoms with Crippen LogP contribution >= 0.6 is 11.6 Å². The third-order valence-corrected chi connectivity index (χ3v) is 7.63. The van der Waals surface area contributed by atoms with Gasteiger partial charge in [0.1, 0.15) is 41.9 Å². The van der Waals surface area contributed by atoms with Gasteiger partial charge in [-0.25, -0.2) is 4.39 Å². The van der Waals surface area contributed by atoms with Crippen molar-refractivity contribution in [3.8, 4) is 28.7 Å². The highest BCUT2D eigenvalue weighted by Crippen LogP contribution is 2.43. The fraction of sp³-hybridized carbons (Fsp3) is 0.235. The molecule has 0 unspecified atom stereocenters. The van der Waals surface area contributed by atoms with Crippen molar-refractivity contribution in [3.63, 3.8) is 0 Å². The van der Waals surface area contributed by atoms with Crippen molar-refractivity contribution < 1.29 is 28.6 Å². The van der Waals surface area contributed by atoms with Crippen molar-refractivity contribution in [2.24, 2.45) is 0 Å². The van der Waals surface area contributed by atoms with Crippen molar-refractivity contribution >= 4 is 23.4 Å². The second-order valence-corrected chi connectivity index (χ2v) is 10.8. The molecule has 0 saturated carbocycles. The van der Waals surface area contributed by atoms with Crippen LogP contribution in [0.4, 0.5) is 4.39 Å². The molecular formula is C34H29ClFN3O5. The van der Waals surface area contributed by atoms with Gasteiger partial charge in [0.15, 0.2) is 0 Å². The molecule has 224 valence electrons. The van der Waals surface area contributed by atoms with Gasteiger partial charge in [0.2, 0.25) is 0 Å². The molecule has 1 aromatic heterocycles. The molecule has 44 heavy (non-hydrogen) atoms. The number of benzene rings is 3. The Morgan fingerprint density at radius 2 is 1.89 bits per heavy atom. The minimum atomic E-state index is -1.03. The number of carbonyl (C=O) groups excluding carboxylic acids is 1. The molecule has 2 N–H and O–H groups in total. The number of Topliss-reactive ketones (excluding diaryl/α,β-unsaturated/α-hetero) is 1. The van der Waals surface area contributed by atoms with Crippen molar-refractivity contribution in [2.45, 2.75) is 44.9 Å². The molecule has 1 atom stereocenters. The van der Waals surface area contributed by atoms with Crippen LogP contribution in [-0.2, 0) is 29.2 Å². The van der Waals surface area contributed by atoms with Crippen LogP contribution in [-0.4, -0.2) is 28.4 Å². The second-order valence-electron chi connectivity index (χ2n) is 10.4. The van der Waals surface area contributed by atoms with E-state index in [9.17, 15) is 19.2 Å². The van der Waals surface area contributed by atoms with Gasteiger partial charge in [-0.05, 0) is 47.7 Å². The molecular weight excluding hydrogens is 585 g/mol. The molecule has 1 heterocycles. The number of nitrogens with zero attached hydrogens (tertiary/aromatic N) is 2. The summed E-state index contributed by atoms with van der Waals surface area (Å²) < 4.78 is 27.2. The first-order valence-electron chi connectivity index (χ1n) is 14.1. The number of nitrogens with one attached hydrogen (secondary N) is 1. The number of hydrogen-bond acceptors (Lipinski definition) is 7. The zero-order valence-electron chi connectivity index (χ0n) is 23.7. The quantitative estimate of drug-likeness (QED) is 0.173. The number of hydrogen-bond donors (Lipinski definition) is 2. The maximum absolute atomic E-state index is 14.6. The zero-order chi connectivity index (χ0) is 31.1. The first-order chi connectivity index (χ1) is 21.3. The number of carboxylic acid groups (broad SMARTS) is 1. The Kier molecular flexibility index (Phi) is 9.85. The lowest BCUT2D eigenvalue weighted by Gasteiger charge is -2.20. The summed E-state index contributed by atoms with van der Waals surface area (Å²) >= 11 is 6.70. The fourth-order valence-corrected chi connectivity index (χ4v) is 5.45. The number of rotatable bonds is 13. The number of ketones is 1. The normalized spacial score (nSPS) is 13.6. The summed E-state index contributed by atoms with van der Waals surface area (Å²) in [6, 6.07) is 19.7. The van der Waals surface area contributed by atoms with E-state index in [1.54, 1.807) is 36.5 Å². The van der Waals surface area contributed by atoms with Gasteiger partial charge in [0.25, 0.3) is 0 Å². The molecule has 10 heteroatoms. The number of carbonyl (C=O) groups is 2. The monoisotopic (exact) mass is 613 g/mol. The highest BCUT2D eigenvalue weighted by Gasteiger charge is 2.28. The first kappa shape index (κ1) is 30.7. The van der Waals surface area contributed by atoms with Crippen LogP contribution < -0.4 is 14.8 Å². The molecule has 0 fully saturated rings. The zero-order valence-corrected chi connectivity index (χ0v) is 24.4. The number of nitriles is 1. The van der Waals surface area contributed by atoms with Gasteiger partial charge in [-0.3, -0.25) is 14.6 Å². The van der Waals surface area contributed by atoms with Crippen LogP contribution in [0, 0.1) is 17.1 Å². The summed E-state index contributed by atoms with van der Waals surface area (Å²) in [5.41, 5.74) is 5.15. The number of carboxylic acids is 1. The van der Waals surface area contributed by atoms with Gasteiger partial charge in [-0.2, -0.15) is 5.26 Å². The Morgan fingerprint density at radius 3 is 2.68 bits per heavy atom. The van der Waals surface area contributed by atoms with Crippen LogP contribution in [0.2, 0.25) is 5.02 Å². The van der Waals surface area contributed by atoms with Crippen molar-refractivity contribution in [1.29, 1.82) is 5.26 Å². The predicted octanol–water partition coefficient (Wildman–Crippen LogP) is 6.58. The van der Waals surface area contributed by atoms with Gasteiger partial charge in [-0.1, -0.05) is 48.0 Å². The number of pyridine rings is 1. The second kappa shape index (κ2) is 14.1. The van der Waals surface area contributed by atoms with Gasteiger partial charge >= 0.3 is 5.97 Å². The van der Waals surface area contributed by atoms with Gasteiger partial charge in [0.05, 0.1) is 23.6 Å². The Hall–Kier alpha value is -4.78. The average molecular weight is 614 g/mol. The third kappa shape index (κ3) is 7.40. The maximum Gasteiger partial charge on any atom is 0.303 e. The SMILES string of the molecule is N#Cc1cncc(COc2cc(O[C@H]3CCc4c(-c5ccccc5F)cccc43)c(Cl)cc2CNCC(=O)CCC(=O)O)c1. The molecule has 0 bridgehead atoms. The average Bonchev–Trinajstić information content (AvgIpc) is 3.44. The van der Waals surface area contributed by atoms with Gasteiger partial charge < -0.3 is 19.9 Å². The lowest BCUT2D eigenvalue weighted by Crippen LogP contribution is -2.23. The van der Waals surface area contributed by atoms with E-state index < -0.39 is 5.97 Å². The summed E-state index contributed by atoms with van der Waals surface area (Å²) in [7, 11) is 0. The third-order valence-electron chi connectivity index (χ3n) is 7.34. The number of aromatic nitrogens is 1. The number of ether oxygens (including phenoxy) is 2. The smallest absolute Gasteiger partial charge is 0.303 e. The van der Waals surface area contributed by atoms with E-state index in [4.69, 9.17) is 26.2 Å². The lowest BCUT2D eigenvalue weighted by molar-refractivity contribution is -0.138. The maximum atomic E-state index is 14.6. The van der Waals surface area contributed by atoms with Crippen LogP contribution in [0.1, 0.15) is 53.2 Å². The molecule has 1 aliphatic carbocycles. The van der Waals surface area contributed by atoms with Gasteiger partial charge in [-0.15, -0.1) is 0 Å². The molecule has 0 radical (unpaired) electrons. The molecule has 5 rings (SSSR count). The van der Waals surface area contributed by atoms with Crippen LogP contribution in [0.25, 0.3) is 11.1 Å². The van der Waals surface area contributed by atoms with Crippen LogP contribution in [0.15, 0.2) is 73.1 Å². The number of fused-ring (bicyclic) bond motifs is 1.